The molecule has 0 aliphatic heterocycles. The van der Waals surface area contributed by atoms with Crippen LogP contribution in [-0.2, 0) is 0 Å². The number of halogens is 2. The number of carbonyl (C=O) groups is 1. The Balaban J connectivity index is 2.90. The number of amides is 1. The summed E-state index contributed by atoms with van der Waals surface area (Å²) in [6.07, 6.45) is 0.545. The zero-order valence-corrected chi connectivity index (χ0v) is 10.7. The third kappa shape index (κ3) is 3.38. The Morgan fingerprint density at radius 3 is 2.82 bits per heavy atom. The summed E-state index contributed by atoms with van der Waals surface area (Å²) in [7, 11) is 0. The van der Waals surface area contributed by atoms with Crippen molar-refractivity contribution < 1.29 is 9.18 Å². The number of carbonyl (C=O) groups excluding carboxylic acids is 1. The average molecular weight is 275 g/mol. The molecule has 3 nitrogen and oxygen atoms in total. The zero-order chi connectivity index (χ0) is 13.0. The van der Waals surface area contributed by atoms with Crippen molar-refractivity contribution in [3.05, 3.63) is 34.6 Å². The lowest BCUT2D eigenvalue weighted by molar-refractivity contribution is 0.0942. The summed E-state index contributed by atoms with van der Waals surface area (Å²) in [6, 6.07) is 3.78. The highest BCUT2D eigenvalue weighted by atomic mass is 35.5. The van der Waals surface area contributed by atoms with Gasteiger partial charge in [0.15, 0.2) is 5.82 Å². The molecule has 1 aromatic rings. The second-order valence-electron chi connectivity index (χ2n) is 3.44. The van der Waals surface area contributed by atoms with E-state index >= 15 is 0 Å². The fourth-order valence-corrected chi connectivity index (χ4v) is 1.69. The molecule has 1 atom stereocenters. The molecule has 0 aromatic heterocycles. The van der Waals surface area contributed by atoms with E-state index in [0.717, 1.165) is 0 Å². The van der Waals surface area contributed by atoms with Crippen LogP contribution in [0.25, 0.3) is 0 Å². The van der Waals surface area contributed by atoms with E-state index in [1.807, 2.05) is 6.92 Å². The fourth-order valence-electron chi connectivity index (χ4n) is 1.29. The maximum atomic E-state index is 13.6. The standard InChI is InChI=1S/C11H12ClFN2OS/c1-2-8(10(14)17)15-11(16)6-4-3-5-7(12)9(6)13/h3-5,8H,2H2,1H3,(H2,14,17)(H,15,16). The molecule has 0 bridgehead atoms. The third-order valence-corrected chi connectivity index (χ3v) is 2.83. The minimum atomic E-state index is -0.746. The highest BCUT2D eigenvalue weighted by Crippen LogP contribution is 2.17. The van der Waals surface area contributed by atoms with Gasteiger partial charge >= 0.3 is 0 Å². The van der Waals surface area contributed by atoms with Crippen LogP contribution in [0.2, 0.25) is 5.02 Å². The van der Waals surface area contributed by atoms with Crippen LogP contribution in [0.1, 0.15) is 23.7 Å². The molecule has 0 aliphatic rings. The van der Waals surface area contributed by atoms with Gasteiger partial charge in [0.05, 0.1) is 21.6 Å². The van der Waals surface area contributed by atoms with Crippen LogP contribution in [0, 0.1) is 5.82 Å². The molecular weight excluding hydrogens is 263 g/mol. The first-order valence-corrected chi connectivity index (χ1v) is 5.80. The zero-order valence-electron chi connectivity index (χ0n) is 9.17. The summed E-state index contributed by atoms with van der Waals surface area (Å²) in [4.78, 5) is 11.9. The van der Waals surface area contributed by atoms with E-state index < -0.39 is 17.8 Å². The third-order valence-electron chi connectivity index (χ3n) is 2.25. The van der Waals surface area contributed by atoms with Crippen LogP contribution in [0.5, 0.6) is 0 Å². The topological polar surface area (TPSA) is 55.1 Å². The molecule has 3 N–H and O–H groups in total. The lowest BCUT2D eigenvalue weighted by Gasteiger charge is -2.15. The van der Waals surface area contributed by atoms with Crippen LogP contribution < -0.4 is 11.1 Å². The van der Waals surface area contributed by atoms with E-state index in [2.05, 4.69) is 5.32 Å². The summed E-state index contributed by atoms with van der Waals surface area (Å²) in [6.45, 7) is 1.82. The van der Waals surface area contributed by atoms with E-state index in [1.165, 1.54) is 18.2 Å². The number of hydrogen-bond acceptors (Lipinski definition) is 2. The van der Waals surface area contributed by atoms with Crippen LogP contribution in [0.4, 0.5) is 4.39 Å². The predicted octanol–water partition coefficient (Wildman–Crippen LogP) is 2.27. The van der Waals surface area contributed by atoms with Crippen LogP contribution in [0.3, 0.4) is 0 Å². The van der Waals surface area contributed by atoms with E-state index in [1.54, 1.807) is 0 Å². The Kier molecular flexibility index (Phi) is 4.84. The monoisotopic (exact) mass is 274 g/mol. The molecule has 6 heteroatoms. The van der Waals surface area contributed by atoms with Gasteiger partial charge in [0.25, 0.3) is 5.91 Å². The predicted molar refractivity (Wildman–Crippen MR) is 69.7 cm³/mol. The molecule has 17 heavy (non-hydrogen) atoms. The normalized spacial score (nSPS) is 11.9. The summed E-state index contributed by atoms with van der Waals surface area (Å²) in [5.41, 5.74) is 5.32. The molecule has 1 amide bonds. The number of thiocarbonyl (C=S) groups is 1. The van der Waals surface area contributed by atoms with Gasteiger partial charge in [0.2, 0.25) is 0 Å². The maximum absolute atomic E-state index is 13.6. The van der Waals surface area contributed by atoms with Gasteiger partial charge < -0.3 is 11.1 Å². The number of hydrogen-bond donors (Lipinski definition) is 2. The van der Waals surface area contributed by atoms with E-state index in [4.69, 9.17) is 29.6 Å². The molecule has 0 radical (unpaired) electrons. The number of nitrogens with two attached hydrogens (primary N) is 1. The maximum Gasteiger partial charge on any atom is 0.254 e. The first kappa shape index (κ1) is 13.9. The largest absolute Gasteiger partial charge is 0.392 e. The van der Waals surface area contributed by atoms with Crippen LogP contribution in [-0.4, -0.2) is 16.9 Å². The Morgan fingerprint density at radius 1 is 1.65 bits per heavy atom. The van der Waals surface area contributed by atoms with Gasteiger partial charge in [-0.2, -0.15) is 0 Å². The molecule has 92 valence electrons. The number of rotatable bonds is 4. The molecule has 0 aliphatic carbocycles. The van der Waals surface area contributed by atoms with Crippen LogP contribution >= 0.6 is 23.8 Å². The highest BCUT2D eigenvalue weighted by Gasteiger charge is 2.18. The molecule has 0 fully saturated rings. The Labute approximate surface area is 109 Å². The Bertz CT molecular complexity index is 453. The van der Waals surface area contributed by atoms with Crippen molar-refractivity contribution in [3.63, 3.8) is 0 Å². The minimum Gasteiger partial charge on any atom is -0.392 e. The molecule has 1 unspecified atom stereocenters. The summed E-state index contributed by atoms with van der Waals surface area (Å²) in [5.74, 6) is -1.32. The number of benzene rings is 1. The minimum absolute atomic E-state index is 0.0963. The van der Waals surface area contributed by atoms with Crippen molar-refractivity contribution >= 4 is 34.7 Å². The molecular formula is C11H12ClFN2OS. The van der Waals surface area contributed by atoms with Gasteiger partial charge in [-0.15, -0.1) is 0 Å². The van der Waals surface area contributed by atoms with Crippen molar-refractivity contribution in [2.45, 2.75) is 19.4 Å². The lowest BCUT2D eigenvalue weighted by Crippen LogP contribution is -2.43. The fraction of sp³-hybridized carbons (Fsp3) is 0.273. The highest BCUT2D eigenvalue weighted by molar-refractivity contribution is 7.80. The van der Waals surface area contributed by atoms with Crippen molar-refractivity contribution in [1.29, 1.82) is 0 Å². The van der Waals surface area contributed by atoms with Crippen molar-refractivity contribution in [3.8, 4) is 0 Å². The van der Waals surface area contributed by atoms with Gasteiger partial charge in [-0.05, 0) is 18.6 Å². The second kappa shape index (κ2) is 5.93. The first-order chi connectivity index (χ1) is 7.97. The SMILES string of the molecule is CCC(NC(=O)c1cccc(Cl)c1F)C(N)=S. The summed E-state index contributed by atoms with van der Waals surface area (Å²) in [5, 5.41) is 2.45. The Morgan fingerprint density at radius 2 is 2.29 bits per heavy atom. The van der Waals surface area contributed by atoms with Crippen LogP contribution in [0.15, 0.2) is 18.2 Å². The molecule has 1 rings (SSSR count). The second-order valence-corrected chi connectivity index (χ2v) is 4.32. The summed E-state index contributed by atoms with van der Waals surface area (Å²) < 4.78 is 13.6. The van der Waals surface area contributed by atoms with Gasteiger partial charge in [-0.1, -0.05) is 36.8 Å². The first-order valence-electron chi connectivity index (χ1n) is 5.01. The lowest BCUT2D eigenvalue weighted by atomic mass is 10.1. The van der Waals surface area contributed by atoms with Gasteiger partial charge in [-0.3, -0.25) is 4.79 Å². The van der Waals surface area contributed by atoms with Crippen molar-refractivity contribution in [2.24, 2.45) is 5.73 Å². The summed E-state index contributed by atoms with van der Waals surface area (Å²) >= 11 is 10.4. The molecule has 0 saturated carbocycles. The van der Waals surface area contributed by atoms with E-state index in [0.29, 0.717) is 6.42 Å². The van der Waals surface area contributed by atoms with Gasteiger partial charge in [0.1, 0.15) is 0 Å². The van der Waals surface area contributed by atoms with E-state index in [9.17, 15) is 9.18 Å². The molecule has 0 heterocycles. The van der Waals surface area contributed by atoms with Crippen molar-refractivity contribution in [1.82, 2.24) is 5.32 Å². The van der Waals surface area contributed by atoms with Gasteiger partial charge in [0, 0.05) is 0 Å². The molecule has 0 spiro atoms. The smallest absolute Gasteiger partial charge is 0.254 e. The molecule has 0 saturated heterocycles. The molecule has 1 aromatic carbocycles. The Hall–Kier alpha value is -1.20. The van der Waals surface area contributed by atoms with Crippen molar-refractivity contribution in [2.75, 3.05) is 0 Å². The van der Waals surface area contributed by atoms with Gasteiger partial charge in [-0.25, -0.2) is 4.39 Å². The quantitative estimate of drug-likeness (QED) is 0.828. The number of nitrogens with one attached hydrogen (secondary N) is 1. The average Bonchev–Trinajstić information content (AvgIpc) is 2.28. The van der Waals surface area contributed by atoms with E-state index in [-0.39, 0.29) is 15.6 Å².